The van der Waals surface area contributed by atoms with E-state index < -0.39 is 15.6 Å². The van der Waals surface area contributed by atoms with E-state index in [-0.39, 0.29) is 31.9 Å². The highest BCUT2D eigenvalue weighted by Gasteiger charge is 2.63. The number of benzene rings is 1. The van der Waals surface area contributed by atoms with Crippen molar-refractivity contribution < 1.29 is 14.6 Å². The highest BCUT2D eigenvalue weighted by Crippen LogP contribution is 2.30. The summed E-state index contributed by atoms with van der Waals surface area (Å²) in [7, 11) is 0. The second-order valence-electron chi connectivity index (χ2n) is 4.12. The minimum Gasteiger partial charge on any atom is -0.379 e. The van der Waals surface area contributed by atoms with Gasteiger partial charge in [0.25, 0.3) is 0 Å². The van der Waals surface area contributed by atoms with E-state index in [0.29, 0.717) is 0 Å². The van der Waals surface area contributed by atoms with Gasteiger partial charge in [0, 0.05) is 13.1 Å². The van der Waals surface area contributed by atoms with Crippen molar-refractivity contribution in [1.82, 2.24) is 4.90 Å². The predicted octanol–water partition coefficient (Wildman–Crippen LogP) is 0.682. The van der Waals surface area contributed by atoms with Crippen molar-refractivity contribution in [2.24, 2.45) is 0 Å². The molecule has 0 aliphatic carbocycles. The first-order chi connectivity index (χ1) is 9.10. The Kier molecular flexibility index (Phi) is 3.72. The van der Waals surface area contributed by atoms with Crippen molar-refractivity contribution in [1.29, 1.82) is 0 Å². The summed E-state index contributed by atoms with van der Waals surface area (Å²) in [5, 5.41) is 22.9. The summed E-state index contributed by atoms with van der Waals surface area (Å²) in [6, 6.07) is 7.57. The second-order valence-corrected chi connectivity index (χ2v) is 4.12. The largest absolute Gasteiger partial charge is 0.550 e. The Labute approximate surface area is 108 Å². The Hall–Kier alpha value is -2.06. The van der Waals surface area contributed by atoms with Gasteiger partial charge in [-0.3, -0.25) is 20.2 Å². The molecule has 0 atom stereocenters. The van der Waals surface area contributed by atoms with Crippen molar-refractivity contribution in [2.75, 3.05) is 26.3 Å². The summed E-state index contributed by atoms with van der Waals surface area (Å²) >= 11 is 0. The van der Waals surface area contributed by atoms with Gasteiger partial charge in [0.2, 0.25) is 0 Å². The van der Waals surface area contributed by atoms with Crippen LogP contribution in [-0.4, -0.2) is 41.0 Å². The predicted molar refractivity (Wildman–Crippen MR) is 64.5 cm³/mol. The Morgan fingerprint density at radius 2 is 1.58 bits per heavy atom. The van der Waals surface area contributed by atoms with E-state index in [1.54, 1.807) is 18.2 Å². The maximum absolute atomic E-state index is 11.4. The standard InChI is InChI=1S/C11H13N3O5/c15-13(16)11(14(17)18,10-4-2-1-3-5-10)12-6-8-19-9-7-12/h1-5H,6-9H2. The molecule has 1 fully saturated rings. The molecule has 1 aromatic carbocycles. The van der Waals surface area contributed by atoms with Gasteiger partial charge in [0.05, 0.1) is 13.2 Å². The van der Waals surface area contributed by atoms with Crippen LogP contribution >= 0.6 is 0 Å². The highest BCUT2D eigenvalue weighted by atomic mass is 16.7. The average molecular weight is 267 g/mol. The van der Waals surface area contributed by atoms with Gasteiger partial charge in [-0.25, -0.2) is 0 Å². The van der Waals surface area contributed by atoms with E-state index in [9.17, 15) is 20.2 Å². The zero-order chi connectivity index (χ0) is 13.9. The van der Waals surface area contributed by atoms with Crippen LogP contribution in [0.3, 0.4) is 0 Å². The lowest BCUT2D eigenvalue weighted by Crippen LogP contribution is -2.60. The summed E-state index contributed by atoms with van der Waals surface area (Å²) in [6.07, 6.45) is 0. The minimum absolute atomic E-state index is 0.0481. The SMILES string of the molecule is O=[N+]([O-])C(c1ccccc1)(N1CCOCC1)[N+](=O)[O-]. The lowest BCUT2D eigenvalue weighted by Gasteiger charge is -2.31. The van der Waals surface area contributed by atoms with E-state index in [4.69, 9.17) is 4.74 Å². The molecule has 8 heteroatoms. The van der Waals surface area contributed by atoms with Crippen LogP contribution in [0.15, 0.2) is 30.3 Å². The third-order valence-corrected chi connectivity index (χ3v) is 3.12. The van der Waals surface area contributed by atoms with Crippen LogP contribution in [0.5, 0.6) is 0 Å². The zero-order valence-electron chi connectivity index (χ0n) is 10.1. The number of morpholine rings is 1. The fraction of sp³-hybridized carbons (Fsp3) is 0.455. The van der Waals surface area contributed by atoms with Gasteiger partial charge in [0.1, 0.15) is 15.4 Å². The van der Waals surface area contributed by atoms with Crippen LogP contribution in [-0.2, 0) is 10.5 Å². The zero-order valence-corrected chi connectivity index (χ0v) is 10.1. The minimum atomic E-state index is -2.44. The van der Waals surface area contributed by atoms with Gasteiger partial charge in [0.15, 0.2) is 0 Å². The molecule has 0 amide bonds. The number of rotatable bonds is 4. The van der Waals surface area contributed by atoms with Gasteiger partial charge in [-0.1, -0.05) is 18.2 Å². The fourth-order valence-electron chi connectivity index (χ4n) is 2.23. The molecule has 8 nitrogen and oxygen atoms in total. The Morgan fingerprint density at radius 1 is 1.05 bits per heavy atom. The van der Waals surface area contributed by atoms with E-state index in [1.165, 1.54) is 17.0 Å². The van der Waals surface area contributed by atoms with Crippen molar-refractivity contribution in [3.63, 3.8) is 0 Å². The summed E-state index contributed by atoms with van der Waals surface area (Å²) in [5.74, 6) is -2.44. The molecule has 2 rings (SSSR count). The van der Waals surface area contributed by atoms with Gasteiger partial charge >= 0.3 is 5.79 Å². The molecule has 0 bridgehead atoms. The summed E-state index contributed by atoms with van der Waals surface area (Å²) in [5.41, 5.74) is 0.0481. The molecule has 102 valence electrons. The Morgan fingerprint density at radius 3 is 2.05 bits per heavy atom. The molecule has 19 heavy (non-hydrogen) atoms. The monoisotopic (exact) mass is 267 g/mol. The molecule has 0 aromatic heterocycles. The topological polar surface area (TPSA) is 98.8 Å². The molecule has 0 radical (unpaired) electrons. The van der Waals surface area contributed by atoms with Crippen molar-refractivity contribution in [2.45, 2.75) is 5.79 Å². The molecule has 0 spiro atoms. The Bertz CT molecular complexity index is 458. The van der Waals surface area contributed by atoms with Gasteiger partial charge in [-0.15, -0.1) is 0 Å². The van der Waals surface area contributed by atoms with Crippen LogP contribution in [0.2, 0.25) is 0 Å². The first kappa shape index (κ1) is 13.4. The maximum atomic E-state index is 11.4. The fourth-order valence-corrected chi connectivity index (χ4v) is 2.23. The molecule has 1 aliphatic rings. The van der Waals surface area contributed by atoms with Gasteiger partial charge in [-0.05, 0) is 12.1 Å². The summed E-state index contributed by atoms with van der Waals surface area (Å²) in [4.78, 5) is 22.5. The van der Waals surface area contributed by atoms with Crippen LogP contribution in [0.4, 0.5) is 0 Å². The quantitative estimate of drug-likeness (QED) is 0.452. The van der Waals surface area contributed by atoms with E-state index in [0.717, 1.165) is 0 Å². The molecule has 1 aromatic rings. The normalized spacial score (nSPS) is 17.1. The van der Waals surface area contributed by atoms with Crippen LogP contribution < -0.4 is 0 Å². The van der Waals surface area contributed by atoms with Crippen molar-refractivity contribution in [3.05, 3.63) is 56.1 Å². The number of hydrogen-bond donors (Lipinski definition) is 0. The van der Waals surface area contributed by atoms with E-state index in [2.05, 4.69) is 0 Å². The third kappa shape index (κ3) is 2.15. The lowest BCUT2D eigenvalue weighted by molar-refractivity contribution is -0.840. The smallest absolute Gasteiger partial charge is 0.379 e. The van der Waals surface area contributed by atoms with E-state index >= 15 is 0 Å². The average Bonchev–Trinajstić information content (AvgIpc) is 2.41. The van der Waals surface area contributed by atoms with Crippen molar-refractivity contribution in [3.8, 4) is 0 Å². The highest BCUT2D eigenvalue weighted by molar-refractivity contribution is 5.19. The van der Waals surface area contributed by atoms with Crippen LogP contribution in [0.1, 0.15) is 5.56 Å². The van der Waals surface area contributed by atoms with Crippen molar-refractivity contribution >= 4 is 0 Å². The molecular weight excluding hydrogens is 254 g/mol. The van der Waals surface area contributed by atoms with Crippen LogP contribution in [0.25, 0.3) is 0 Å². The number of nitrogens with zero attached hydrogens (tertiary/aromatic N) is 3. The molecule has 0 unspecified atom stereocenters. The molecule has 1 aliphatic heterocycles. The van der Waals surface area contributed by atoms with Crippen LogP contribution in [0, 0.1) is 20.2 Å². The molecular formula is C11H13N3O5. The molecule has 0 N–H and O–H groups in total. The van der Waals surface area contributed by atoms with Gasteiger partial charge in [-0.2, -0.15) is 4.90 Å². The lowest BCUT2D eigenvalue weighted by atomic mass is 10.1. The number of nitro groups is 2. The van der Waals surface area contributed by atoms with E-state index in [1.807, 2.05) is 0 Å². The Balaban J connectivity index is 2.53. The molecule has 1 heterocycles. The number of hydrogen-bond acceptors (Lipinski definition) is 6. The molecule has 0 saturated carbocycles. The molecule has 1 saturated heterocycles. The summed E-state index contributed by atoms with van der Waals surface area (Å²) in [6.45, 7) is 0.792. The summed E-state index contributed by atoms with van der Waals surface area (Å²) < 4.78 is 5.10. The first-order valence-corrected chi connectivity index (χ1v) is 5.77. The number of ether oxygens (including phenoxy) is 1. The van der Waals surface area contributed by atoms with Gasteiger partial charge < -0.3 is 4.74 Å². The second kappa shape index (κ2) is 5.29. The first-order valence-electron chi connectivity index (χ1n) is 5.77. The maximum Gasteiger partial charge on any atom is 0.550 e. The third-order valence-electron chi connectivity index (χ3n) is 3.12.